The summed E-state index contributed by atoms with van der Waals surface area (Å²) in [6.45, 7) is 2.11. The minimum Gasteiger partial charge on any atom is -0.350 e. The highest BCUT2D eigenvalue weighted by molar-refractivity contribution is 9.10. The summed E-state index contributed by atoms with van der Waals surface area (Å²) in [4.78, 5) is 31.2. The van der Waals surface area contributed by atoms with Crippen LogP contribution in [0, 0.1) is 0 Å². The van der Waals surface area contributed by atoms with Gasteiger partial charge in [-0.2, -0.15) is 0 Å². The molecule has 0 radical (unpaired) electrons. The number of nitrogens with one attached hydrogen (secondary N) is 2. The van der Waals surface area contributed by atoms with E-state index in [1.54, 1.807) is 25.1 Å². The van der Waals surface area contributed by atoms with E-state index < -0.39 is 5.91 Å². The molecule has 2 rings (SSSR count). The highest BCUT2D eigenvalue weighted by Crippen LogP contribution is 2.15. The summed E-state index contributed by atoms with van der Waals surface area (Å²) in [6.07, 6.45) is 0. The summed E-state index contributed by atoms with van der Waals surface area (Å²) in [5, 5.41) is 0.525. The Labute approximate surface area is 111 Å². The third-order valence-electron chi connectivity index (χ3n) is 2.35. The molecule has 0 saturated carbocycles. The molecule has 0 atom stereocenters. The Balaban J connectivity index is 2.46. The van der Waals surface area contributed by atoms with Crippen molar-refractivity contribution in [2.75, 3.05) is 6.61 Å². The second-order valence-corrected chi connectivity index (χ2v) is 4.52. The smallest absolute Gasteiger partial charge is 0.291 e. The first-order valence-corrected chi connectivity index (χ1v) is 6.16. The average molecular weight is 311 g/mol. The molecule has 2 aromatic rings. The van der Waals surface area contributed by atoms with E-state index >= 15 is 0 Å². The number of hydrogen-bond acceptors (Lipinski definition) is 3. The molecule has 5 nitrogen and oxygen atoms in total. The number of aromatic amines is 1. The van der Waals surface area contributed by atoms with Gasteiger partial charge < -0.3 is 4.98 Å². The van der Waals surface area contributed by atoms with Crippen LogP contribution in [0.3, 0.4) is 0 Å². The standard InChI is InChI=1S/C12H11BrN2O3/c1-2-18-15-12(17)10-6-11(16)8-5-7(13)3-4-9(8)14-10/h3-6H,2H2,1H3,(H,14,16)(H,15,17). The monoisotopic (exact) mass is 310 g/mol. The molecule has 0 spiro atoms. The zero-order valence-corrected chi connectivity index (χ0v) is 11.2. The third-order valence-corrected chi connectivity index (χ3v) is 2.84. The van der Waals surface area contributed by atoms with Gasteiger partial charge in [-0.25, -0.2) is 5.48 Å². The van der Waals surface area contributed by atoms with Gasteiger partial charge in [0.25, 0.3) is 5.91 Å². The summed E-state index contributed by atoms with van der Waals surface area (Å²) in [7, 11) is 0. The first-order valence-electron chi connectivity index (χ1n) is 5.36. The summed E-state index contributed by atoms with van der Waals surface area (Å²) in [6, 6.07) is 6.49. The number of hydroxylamine groups is 1. The highest BCUT2D eigenvalue weighted by atomic mass is 79.9. The number of carbonyl (C=O) groups excluding carboxylic acids is 1. The lowest BCUT2D eigenvalue weighted by molar-refractivity contribution is 0.0360. The maximum atomic E-state index is 11.9. The Bertz CT molecular complexity index is 651. The van der Waals surface area contributed by atoms with Crippen LogP contribution in [0.1, 0.15) is 17.4 Å². The van der Waals surface area contributed by atoms with Gasteiger partial charge in [0, 0.05) is 21.4 Å². The van der Waals surface area contributed by atoms with Crippen molar-refractivity contribution in [3.8, 4) is 0 Å². The SMILES string of the molecule is CCONC(=O)c1cc(=O)c2cc(Br)ccc2[nH]1. The Hall–Kier alpha value is -1.66. The van der Waals surface area contributed by atoms with Crippen molar-refractivity contribution in [1.29, 1.82) is 0 Å². The Morgan fingerprint density at radius 3 is 2.94 bits per heavy atom. The maximum absolute atomic E-state index is 11.9. The van der Waals surface area contributed by atoms with Crippen LogP contribution in [0.5, 0.6) is 0 Å². The topological polar surface area (TPSA) is 71.2 Å². The van der Waals surface area contributed by atoms with Crippen LogP contribution in [0.2, 0.25) is 0 Å². The maximum Gasteiger partial charge on any atom is 0.291 e. The third kappa shape index (κ3) is 2.60. The number of rotatable bonds is 3. The van der Waals surface area contributed by atoms with Crippen LogP contribution in [0.25, 0.3) is 10.9 Å². The molecular weight excluding hydrogens is 300 g/mol. The number of amides is 1. The number of hydrogen-bond donors (Lipinski definition) is 2. The molecule has 0 unspecified atom stereocenters. The van der Waals surface area contributed by atoms with Crippen molar-refractivity contribution in [2.24, 2.45) is 0 Å². The largest absolute Gasteiger partial charge is 0.350 e. The van der Waals surface area contributed by atoms with Crippen molar-refractivity contribution < 1.29 is 9.63 Å². The molecule has 1 aromatic carbocycles. The lowest BCUT2D eigenvalue weighted by Gasteiger charge is -2.05. The van der Waals surface area contributed by atoms with Crippen molar-refractivity contribution >= 4 is 32.7 Å². The minimum absolute atomic E-state index is 0.170. The molecule has 2 N–H and O–H groups in total. The van der Waals surface area contributed by atoms with Gasteiger partial charge in [0.15, 0.2) is 5.43 Å². The fourth-order valence-electron chi connectivity index (χ4n) is 1.53. The van der Waals surface area contributed by atoms with Gasteiger partial charge >= 0.3 is 0 Å². The molecule has 0 aliphatic heterocycles. The number of H-pyrrole nitrogens is 1. The van der Waals surface area contributed by atoms with E-state index in [1.807, 2.05) is 0 Å². The zero-order valence-electron chi connectivity index (χ0n) is 9.62. The second kappa shape index (κ2) is 5.32. The number of benzene rings is 1. The van der Waals surface area contributed by atoms with Gasteiger partial charge in [-0.3, -0.25) is 14.4 Å². The predicted molar refractivity (Wildman–Crippen MR) is 71.4 cm³/mol. The van der Waals surface area contributed by atoms with E-state index in [1.165, 1.54) is 6.07 Å². The number of halogens is 1. The van der Waals surface area contributed by atoms with Crippen LogP contribution in [0.4, 0.5) is 0 Å². The summed E-state index contributed by atoms with van der Waals surface area (Å²) >= 11 is 3.30. The van der Waals surface area contributed by atoms with Crippen LogP contribution in [-0.4, -0.2) is 17.5 Å². The minimum atomic E-state index is -0.473. The molecule has 0 saturated heterocycles. The van der Waals surface area contributed by atoms with Gasteiger partial charge in [-0.15, -0.1) is 0 Å². The Kier molecular flexibility index (Phi) is 3.78. The molecule has 18 heavy (non-hydrogen) atoms. The van der Waals surface area contributed by atoms with Crippen LogP contribution in [-0.2, 0) is 4.84 Å². The van der Waals surface area contributed by atoms with Crippen molar-refractivity contribution in [3.63, 3.8) is 0 Å². The molecule has 0 aliphatic carbocycles. The van der Waals surface area contributed by atoms with E-state index in [0.717, 1.165) is 4.47 Å². The fourth-order valence-corrected chi connectivity index (χ4v) is 1.90. The van der Waals surface area contributed by atoms with Gasteiger partial charge in [-0.05, 0) is 25.1 Å². The van der Waals surface area contributed by atoms with Gasteiger partial charge in [0.2, 0.25) is 0 Å². The van der Waals surface area contributed by atoms with Gasteiger partial charge in [0.05, 0.1) is 6.61 Å². The summed E-state index contributed by atoms with van der Waals surface area (Å²) in [5.41, 5.74) is 2.79. The fraction of sp³-hybridized carbons (Fsp3) is 0.167. The van der Waals surface area contributed by atoms with E-state index in [-0.39, 0.29) is 11.1 Å². The van der Waals surface area contributed by atoms with E-state index in [2.05, 4.69) is 26.4 Å². The Morgan fingerprint density at radius 1 is 1.44 bits per heavy atom. The van der Waals surface area contributed by atoms with Crippen molar-refractivity contribution in [2.45, 2.75) is 6.92 Å². The highest BCUT2D eigenvalue weighted by Gasteiger charge is 2.09. The average Bonchev–Trinajstić information content (AvgIpc) is 2.36. The number of fused-ring (bicyclic) bond motifs is 1. The van der Waals surface area contributed by atoms with E-state index in [4.69, 9.17) is 4.84 Å². The molecule has 0 aliphatic rings. The van der Waals surface area contributed by atoms with Crippen LogP contribution < -0.4 is 10.9 Å². The molecule has 1 heterocycles. The summed E-state index contributed by atoms with van der Waals surface area (Å²) < 4.78 is 0.812. The number of aromatic nitrogens is 1. The molecule has 1 aromatic heterocycles. The van der Waals surface area contributed by atoms with Crippen LogP contribution in [0.15, 0.2) is 33.5 Å². The first-order chi connectivity index (χ1) is 8.61. The van der Waals surface area contributed by atoms with Crippen molar-refractivity contribution in [3.05, 3.63) is 44.7 Å². The van der Waals surface area contributed by atoms with E-state index in [9.17, 15) is 9.59 Å². The van der Waals surface area contributed by atoms with Crippen LogP contribution >= 0.6 is 15.9 Å². The summed E-state index contributed by atoms with van der Waals surface area (Å²) in [5.74, 6) is -0.473. The molecule has 1 amide bonds. The van der Waals surface area contributed by atoms with Crippen molar-refractivity contribution in [1.82, 2.24) is 10.5 Å². The lowest BCUT2D eigenvalue weighted by atomic mass is 10.2. The molecule has 0 bridgehead atoms. The van der Waals surface area contributed by atoms with E-state index in [0.29, 0.717) is 17.5 Å². The quantitative estimate of drug-likeness (QED) is 0.851. The molecular formula is C12H11BrN2O3. The number of pyridine rings is 1. The molecule has 6 heteroatoms. The lowest BCUT2D eigenvalue weighted by Crippen LogP contribution is -2.25. The van der Waals surface area contributed by atoms with Gasteiger partial charge in [-0.1, -0.05) is 15.9 Å². The zero-order chi connectivity index (χ0) is 13.1. The van der Waals surface area contributed by atoms with Gasteiger partial charge in [0.1, 0.15) is 5.69 Å². The molecule has 94 valence electrons. The first kappa shape index (κ1) is 12.8. The second-order valence-electron chi connectivity index (χ2n) is 3.60. The predicted octanol–water partition coefficient (Wildman–Crippen LogP) is 1.97. The molecule has 0 fully saturated rings. The normalized spacial score (nSPS) is 10.6. The Morgan fingerprint density at radius 2 is 2.22 bits per heavy atom. The number of carbonyl (C=O) groups is 1.